The Hall–Kier alpha value is -2.63. The number of aromatic nitrogens is 1. The van der Waals surface area contributed by atoms with Crippen LogP contribution in [-0.2, 0) is 0 Å². The molecule has 29 heavy (non-hydrogen) atoms. The molecule has 150 valence electrons. The molecule has 0 bridgehead atoms. The van der Waals surface area contributed by atoms with Crippen molar-refractivity contribution in [1.29, 1.82) is 0 Å². The fraction of sp³-hybridized carbons (Fsp3) is 0.304. The van der Waals surface area contributed by atoms with E-state index in [2.05, 4.69) is 32.2 Å². The fourth-order valence-corrected chi connectivity index (χ4v) is 3.80. The second-order valence-corrected chi connectivity index (χ2v) is 7.74. The maximum Gasteiger partial charge on any atom is 0.269 e. The van der Waals surface area contributed by atoms with Gasteiger partial charge in [0.2, 0.25) is 0 Å². The van der Waals surface area contributed by atoms with Gasteiger partial charge in [-0.05, 0) is 49.4 Å². The van der Waals surface area contributed by atoms with Gasteiger partial charge in [0, 0.05) is 48.8 Å². The number of pyridine rings is 1. The van der Waals surface area contributed by atoms with Crippen LogP contribution in [0.1, 0.15) is 16.9 Å². The molecule has 2 aromatic carbocycles. The summed E-state index contributed by atoms with van der Waals surface area (Å²) in [6.45, 7) is 5.72. The second-order valence-electron chi connectivity index (χ2n) is 7.30. The third-order valence-corrected chi connectivity index (χ3v) is 5.58. The number of benzene rings is 2. The standard InChI is InChI=1S/C23H25ClN4O/c24-19-7-9-20(10-8-19)28-16-14-27(15-17-28)13-3-12-25-23(29)22-11-6-18-4-1-2-5-21(18)26-22/h1-2,4-11H,3,12-17H2,(H,25,29). The molecule has 0 spiro atoms. The van der Waals surface area contributed by atoms with Gasteiger partial charge in [-0.3, -0.25) is 9.69 Å². The van der Waals surface area contributed by atoms with Gasteiger partial charge in [0.05, 0.1) is 5.52 Å². The van der Waals surface area contributed by atoms with Crippen LogP contribution in [0.5, 0.6) is 0 Å². The maximum atomic E-state index is 12.4. The zero-order chi connectivity index (χ0) is 20.1. The molecule has 4 rings (SSSR count). The second kappa shape index (κ2) is 9.25. The van der Waals surface area contributed by atoms with Crippen LogP contribution < -0.4 is 10.2 Å². The molecule has 0 atom stereocenters. The minimum Gasteiger partial charge on any atom is -0.369 e. The van der Waals surface area contributed by atoms with E-state index in [1.807, 2.05) is 42.5 Å². The quantitative estimate of drug-likeness (QED) is 0.630. The molecular weight excluding hydrogens is 384 g/mol. The number of halogens is 1. The Labute approximate surface area is 176 Å². The summed E-state index contributed by atoms with van der Waals surface area (Å²) in [5.74, 6) is -0.108. The number of piperazine rings is 1. The van der Waals surface area contributed by atoms with Gasteiger partial charge in [0.25, 0.3) is 5.91 Å². The molecule has 1 N–H and O–H groups in total. The van der Waals surface area contributed by atoms with E-state index in [4.69, 9.17) is 11.6 Å². The van der Waals surface area contributed by atoms with Crippen LogP contribution >= 0.6 is 11.6 Å². The van der Waals surface area contributed by atoms with E-state index in [9.17, 15) is 4.79 Å². The van der Waals surface area contributed by atoms with Gasteiger partial charge < -0.3 is 10.2 Å². The Morgan fingerprint density at radius 3 is 2.52 bits per heavy atom. The third-order valence-electron chi connectivity index (χ3n) is 5.33. The predicted octanol–water partition coefficient (Wildman–Crippen LogP) is 3.83. The van der Waals surface area contributed by atoms with Gasteiger partial charge in [-0.25, -0.2) is 4.98 Å². The number of para-hydroxylation sites is 1. The van der Waals surface area contributed by atoms with E-state index in [-0.39, 0.29) is 5.91 Å². The van der Waals surface area contributed by atoms with E-state index >= 15 is 0 Å². The molecule has 1 aliphatic heterocycles. The van der Waals surface area contributed by atoms with Crippen LogP contribution in [0, 0.1) is 0 Å². The SMILES string of the molecule is O=C(NCCCN1CCN(c2ccc(Cl)cc2)CC1)c1ccc2ccccc2n1. The minimum atomic E-state index is -0.108. The minimum absolute atomic E-state index is 0.108. The van der Waals surface area contributed by atoms with Crippen LogP contribution in [0.3, 0.4) is 0 Å². The molecule has 1 aliphatic rings. The van der Waals surface area contributed by atoms with E-state index in [0.717, 1.165) is 55.1 Å². The van der Waals surface area contributed by atoms with Crippen molar-refractivity contribution in [2.45, 2.75) is 6.42 Å². The molecule has 0 saturated carbocycles. The topological polar surface area (TPSA) is 48.5 Å². The molecule has 2 heterocycles. The van der Waals surface area contributed by atoms with Gasteiger partial charge in [0.1, 0.15) is 5.69 Å². The van der Waals surface area contributed by atoms with E-state index in [0.29, 0.717) is 12.2 Å². The van der Waals surface area contributed by atoms with Crippen LogP contribution in [-0.4, -0.2) is 55.1 Å². The number of hydrogen-bond acceptors (Lipinski definition) is 4. The first kappa shape index (κ1) is 19.7. The Kier molecular flexibility index (Phi) is 6.27. The van der Waals surface area contributed by atoms with Gasteiger partial charge in [-0.15, -0.1) is 0 Å². The average molecular weight is 409 g/mol. The van der Waals surface area contributed by atoms with Crippen molar-refractivity contribution >= 4 is 34.1 Å². The van der Waals surface area contributed by atoms with Crippen molar-refractivity contribution in [1.82, 2.24) is 15.2 Å². The first-order valence-corrected chi connectivity index (χ1v) is 10.4. The Morgan fingerprint density at radius 1 is 0.966 bits per heavy atom. The number of fused-ring (bicyclic) bond motifs is 1. The highest BCUT2D eigenvalue weighted by Crippen LogP contribution is 2.19. The van der Waals surface area contributed by atoms with Gasteiger partial charge in [-0.2, -0.15) is 0 Å². The summed E-state index contributed by atoms with van der Waals surface area (Å²) < 4.78 is 0. The first-order chi connectivity index (χ1) is 14.2. The summed E-state index contributed by atoms with van der Waals surface area (Å²) in [6, 6.07) is 19.6. The highest BCUT2D eigenvalue weighted by atomic mass is 35.5. The molecule has 0 unspecified atom stereocenters. The number of carbonyl (C=O) groups excluding carboxylic acids is 1. The number of nitrogens with one attached hydrogen (secondary N) is 1. The number of carbonyl (C=O) groups is 1. The van der Waals surface area contributed by atoms with Gasteiger partial charge in [-0.1, -0.05) is 35.9 Å². The van der Waals surface area contributed by atoms with E-state index < -0.39 is 0 Å². The van der Waals surface area contributed by atoms with Crippen molar-refractivity contribution in [2.75, 3.05) is 44.2 Å². The van der Waals surface area contributed by atoms with Crippen LogP contribution in [0.15, 0.2) is 60.7 Å². The molecule has 1 aromatic heterocycles. The summed E-state index contributed by atoms with van der Waals surface area (Å²) in [5, 5.41) is 4.81. The van der Waals surface area contributed by atoms with Crippen molar-refractivity contribution in [3.05, 3.63) is 71.4 Å². The van der Waals surface area contributed by atoms with Crippen molar-refractivity contribution in [3.63, 3.8) is 0 Å². The number of amides is 1. The first-order valence-electron chi connectivity index (χ1n) is 10.1. The lowest BCUT2D eigenvalue weighted by atomic mass is 10.2. The summed E-state index contributed by atoms with van der Waals surface area (Å²) >= 11 is 5.97. The van der Waals surface area contributed by atoms with Crippen molar-refractivity contribution < 1.29 is 4.79 Å². The molecule has 0 aliphatic carbocycles. The summed E-state index contributed by atoms with van der Waals surface area (Å²) in [6.07, 6.45) is 0.931. The van der Waals surface area contributed by atoms with Gasteiger partial charge in [0.15, 0.2) is 0 Å². The molecule has 1 fully saturated rings. The van der Waals surface area contributed by atoms with Crippen LogP contribution in [0.2, 0.25) is 5.02 Å². The zero-order valence-corrected chi connectivity index (χ0v) is 17.1. The Bertz CT molecular complexity index is 968. The molecule has 1 saturated heterocycles. The normalized spacial score (nSPS) is 14.9. The average Bonchev–Trinajstić information content (AvgIpc) is 2.77. The third kappa shape index (κ3) is 5.05. The molecular formula is C23H25ClN4O. The molecule has 5 nitrogen and oxygen atoms in total. The molecule has 0 radical (unpaired) electrons. The maximum absolute atomic E-state index is 12.4. The molecule has 3 aromatic rings. The summed E-state index contributed by atoms with van der Waals surface area (Å²) in [4.78, 5) is 21.7. The number of hydrogen-bond donors (Lipinski definition) is 1. The number of rotatable bonds is 6. The number of anilines is 1. The lowest BCUT2D eigenvalue weighted by Gasteiger charge is -2.36. The molecule has 1 amide bonds. The lowest BCUT2D eigenvalue weighted by molar-refractivity contribution is 0.0947. The summed E-state index contributed by atoms with van der Waals surface area (Å²) in [5.41, 5.74) is 2.54. The van der Waals surface area contributed by atoms with E-state index in [1.165, 1.54) is 5.69 Å². The Morgan fingerprint density at radius 2 is 1.72 bits per heavy atom. The van der Waals surface area contributed by atoms with Crippen molar-refractivity contribution in [3.8, 4) is 0 Å². The molecule has 6 heteroatoms. The van der Waals surface area contributed by atoms with Crippen LogP contribution in [0.25, 0.3) is 10.9 Å². The largest absolute Gasteiger partial charge is 0.369 e. The highest BCUT2D eigenvalue weighted by Gasteiger charge is 2.17. The summed E-state index contributed by atoms with van der Waals surface area (Å²) in [7, 11) is 0. The van der Waals surface area contributed by atoms with E-state index in [1.54, 1.807) is 6.07 Å². The van der Waals surface area contributed by atoms with Crippen LogP contribution in [0.4, 0.5) is 5.69 Å². The monoisotopic (exact) mass is 408 g/mol. The van der Waals surface area contributed by atoms with Gasteiger partial charge >= 0.3 is 0 Å². The van der Waals surface area contributed by atoms with Crippen molar-refractivity contribution in [2.24, 2.45) is 0 Å². The highest BCUT2D eigenvalue weighted by molar-refractivity contribution is 6.30. The predicted molar refractivity (Wildman–Crippen MR) is 119 cm³/mol. The zero-order valence-electron chi connectivity index (χ0n) is 16.4. The lowest BCUT2D eigenvalue weighted by Crippen LogP contribution is -2.47. The fourth-order valence-electron chi connectivity index (χ4n) is 3.67. The smallest absolute Gasteiger partial charge is 0.269 e. The number of nitrogens with zero attached hydrogens (tertiary/aromatic N) is 3. The Balaban J connectivity index is 1.19.